The van der Waals surface area contributed by atoms with Gasteiger partial charge in [0.2, 0.25) is 0 Å². The molecule has 0 bridgehead atoms. The highest BCUT2D eigenvalue weighted by Crippen LogP contribution is 2.21. The summed E-state index contributed by atoms with van der Waals surface area (Å²) in [4.78, 5) is 13.8. The molecule has 5 nitrogen and oxygen atoms in total. The highest BCUT2D eigenvalue weighted by Gasteiger charge is 2.24. The summed E-state index contributed by atoms with van der Waals surface area (Å²) >= 11 is 0. The van der Waals surface area contributed by atoms with Gasteiger partial charge in [0, 0.05) is 19.1 Å². The molecule has 2 N–H and O–H groups in total. The minimum Gasteiger partial charge on any atom is -0.465 e. The van der Waals surface area contributed by atoms with E-state index >= 15 is 0 Å². The minimum absolute atomic E-state index is 0.222. The van der Waals surface area contributed by atoms with E-state index in [1.807, 2.05) is 0 Å². The number of esters is 1. The van der Waals surface area contributed by atoms with Gasteiger partial charge in [-0.05, 0) is 25.3 Å². The highest BCUT2D eigenvalue weighted by atomic mass is 16.5. The summed E-state index contributed by atoms with van der Waals surface area (Å²) in [7, 11) is 1.37. The number of piperidine rings is 1. The van der Waals surface area contributed by atoms with Crippen LogP contribution in [0, 0.1) is 12.8 Å². The third kappa shape index (κ3) is 3.36. The zero-order chi connectivity index (χ0) is 14.0. The summed E-state index contributed by atoms with van der Waals surface area (Å²) in [6.07, 6.45) is 1.07. The number of rotatable bonds is 3. The Morgan fingerprint density at radius 2 is 2.32 bits per heavy atom. The molecule has 2 heterocycles. The lowest BCUT2D eigenvalue weighted by atomic mass is 9.96. The van der Waals surface area contributed by atoms with Crippen molar-refractivity contribution in [2.75, 3.05) is 20.2 Å². The molecule has 1 aromatic heterocycles. The molecule has 0 aromatic carbocycles. The van der Waals surface area contributed by atoms with Crippen LogP contribution in [-0.2, 0) is 11.3 Å². The molecule has 0 aliphatic carbocycles. The number of methoxy groups -OCH3 is 1. The summed E-state index contributed by atoms with van der Waals surface area (Å²) in [6.45, 7) is 6.56. The van der Waals surface area contributed by atoms with Crippen molar-refractivity contribution in [1.29, 1.82) is 0 Å². The van der Waals surface area contributed by atoms with Gasteiger partial charge >= 0.3 is 5.97 Å². The maximum atomic E-state index is 11.5. The maximum Gasteiger partial charge on any atom is 0.341 e. The first-order chi connectivity index (χ1) is 8.99. The van der Waals surface area contributed by atoms with Gasteiger partial charge < -0.3 is 14.9 Å². The van der Waals surface area contributed by atoms with Crippen molar-refractivity contribution in [1.82, 2.24) is 4.90 Å². The topological polar surface area (TPSA) is 68.7 Å². The largest absolute Gasteiger partial charge is 0.465 e. The normalized spacial score (nSPS) is 24.4. The van der Waals surface area contributed by atoms with E-state index in [9.17, 15) is 4.79 Å². The molecule has 0 amide bonds. The molecule has 1 aliphatic rings. The molecule has 1 saturated heterocycles. The van der Waals surface area contributed by atoms with Crippen LogP contribution in [0.3, 0.4) is 0 Å². The molecule has 19 heavy (non-hydrogen) atoms. The van der Waals surface area contributed by atoms with Crippen molar-refractivity contribution in [2.24, 2.45) is 11.7 Å². The molecule has 106 valence electrons. The number of nitrogens with zero attached hydrogens (tertiary/aromatic N) is 1. The van der Waals surface area contributed by atoms with Crippen LogP contribution in [0.15, 0.2) is 10.5 Å². The Hall–Kier alpha value is -1.33. The van der Waals surface area contributed by atoms with Crippen molar-refractivity contribution < 1.29 is 13.9 Å². The Morgan fingerprint density at radius 3 is 2.95 bits per heavy atom. The number of furan rings is 1. The predicted octanol–water partition coefficient (Wildman–Crippen LogP) is 1.54. The quantitative estimate of drug-likeness (QED) is 0.841. The molecule has 0 radical (unpaired) electrons. The summed E-state index contributed by atoms with van der Waals surface area (Å²) in [6, 6.07) is 1.99. The van der Waals surface area contributed by atoms with Crippen LogP contribution in [-0.4, -0.2) is 37.1 Å². The molecule has 1 aliphatic heterocycles. The van der Waals surface area contributed by atoms with E-state index < -0.39 is 0 Å². The number of aryl methyl sites for hydroxylation is 1. The maximum absolute atomic E-state index is 11.5. The van der Waals surface area contributed by atoms with Crippen LogP contribution < -0.4 is 5.73 Å². The van der Waals surface area contributed by atoms with Crippen molar-refractivity contribution in [3.8, 4) is 0 Å². The van der Waals surface area contributed by atoms with E-state index in [2.05, 4.69) is 11.8 Å². The molecule has 5 heteroatoms. The van der Waals surface area contributed by atoms with E-state index in [-0.39, 0.29) is 12.0 Å². The van der Waals surface area contributed by atoms with Crippen LogP contribution in [0.25, 0.3) is 0 Å². The van der Waals surface area contributed by atoms with Gasteiger partial charge in [-0.3, -0.25) is 4.90 Å². The lowest BCUT2D eigenvalue weighted by molar-refractivity contribution is 0.0599. The van der Waals surface area contributed by atoms with Gasteiger partial charge in [-0.2, -0.15) is 0 Å². The molecule has 2 atom stereocenters. The van der Waals surface area contributed by atoms with Gasteiger partial charge in [0.25, 0.3) is 0 Å². The number of hydrogen-bond acceptors (Lipinski definition) is 5. The Morgan fingerprint density at radius 1 is 1.58 bits per heavy atom. The van der Waals surface area contributed by atoms with Crippen molar-refractivity contribution in [3.05, 3.63) is 23.2 Å². The number of carbonyl (C=O) groups is 1. The van der Waals surface area contributed by atoms with E-state index in [0.29, 0.717) is 23.8 Å². The number of carbonyl (C=O) groups excluding carboxylic acids is 1. The van der Waals surface area contributed by atoms with E-state index in [4.69, 9.17) is 14.9 Å². The SMILES string of the molecule is COC(=O)c1cc(CN2CC(C)CC(N)C2)oc1C. The molecular weight excluding hydrogens is 244 g/mol. The molecule has 0 spiro atoms. The van der Waals surface area contributed by atoms with Gasteiger partial charge in [0.1, 0.15) is 17.1 Å². The Balaban J connectivity index is 2.05. The van der Waals surface area contributed by atoms with Crippen LogP contribution in [0.4, 0.5) is 0 Å². The highest BCUT2D eigenvalue weighted by molar-refractivity contribution is 5.90. The predicted molar refractivity (Wildman–Crippen MR) is 71.8 cm³/mol. The summed E-state index contributed by atoms with van der Waals surface area (Å²) < 4.78 is 10.3. The average Bonchev–Trinajstić information content (AvgIpc) is 2.68. The zero-order valence-corrected chi connectivity index (χ0v) is 11.8. The minimum atomic E-state index is -0.351. The second-order valence-corrected chi connectivity index (χ2v) is 5.47. The van der Waals surface area contributed by atoms with E-state index in [1.165, 1.54) is 7.11 Å². The fourth-order valence-corrected chi connectivity index (χ4v) is 2.80. The monoisotopic (exact) mass is 266 g/mol. The molecule has 0 saturated carbocycles. The van der Waals surface area contributed by atoms with Crippen LogP contribution in [0.5, 0.6) is 0 Å². The van der Waals surface area contributed by atoms with Crippen LogP contribution >= 0.6 is 0 Å². The third-order valence-electron chi connectivity index (χ3n) is 3.52. The molecule has 1 fully saturated rings. The van der Waals surface area contributed by atoms with E-state index in [1.54, 1.807) is 13.0 Å². The second kappa shape index (κ2) is 5.75. The lowest BCUT2D eigenvalue weighted by Crippen LogP contribution is -2.45. The number of hydrogen-bond donors (Lipinski definition) is 1. The Bertz CT molecular complexity index is 446. The fraction of sp³-hybridized carbons (Fsp3) is 0.643. The van der Waals surface area contributed by atoms with Crippen molar-refractivity contribution >= 4 is 5.97 Å². The number of likely N-dealkylation sites (tertiary alicyclic amines) is 1. The van der Waals surface area contributed by atoms with Crippen LogP contribution in [0.1, 0.15) is 35.2 Å². The standard InChI is InChI=1S/C14H22N2O3/c1-9-4-11(15)7-16(6-9)8-12-5-13(10(2)19-12)14(17)18-3/h5,9,11H,4,6-8,15H2,1-3H3. The van der Waals surface area contributed by atoms with Crippen molar-refractivity contribution in [2.45, 2.75) is 32.9 Å². The van der Waals surface area contributed by atoms with Crippen LogP contribution in [0.2, 0.25) is 0 Å². The average molecular weight is 266 g/mol. The first kappa shape index (κ1) is 14.1. The molecule has 1 aromatic rings. The summed E-state index contributed by atoms with van der Waals surface area (Å²) in [5.74, 6) is 1.64. The van der Waals surface area contributed by atoms with E-state index in [0.717, 1.165) is 25.3 Å². The Kier molecular flexibility index (Phi) is 4.27. The summed E-state index contributed by atoms with van der Waals surface area (Å²) in [5, 5.41) is 0. The molecular formula is C14H22N2O3. The van der Waals surface area contributed by atoms with Gasteiger partial charge in [0.15, 0.2) is 0 Å². The lowest BCUT2D eigenvalue weighted by Gasteiger charge is -2.34. The van der Waals surface area contributed by atoms with Crippen molar-refractivity contribution in [3.63, 3.8) is 0 Å². The number of ether oxygens (including phenoxy) is 1. The van der Waals surface area contributed by atoms with Gasteiger partial charge in [-0.15, -0.1) is 0 Å². The molecule has 2 unspecified atom stereocenters. The summed E-state index contributed by atoms with van der Waals surface area (Å²) in [5.41, 5.74) is 6.53. The molecule has 2 rings (SSSR count). The van der Waals surface area contributed by atoms with Gasteiger partial charge in [-0.1, -0.05) is 6.92 Å². The van der Waals surface area contributed by atoms with Gasteiger partial charge in [-0.25, -0.2) is 4.79 Å². The zero-order valence-electron chi connectivity index (χ0n) is 11.8. The third-order valence-corrected chi connectivity index (χ3v) is 3.52. The number of nitrogens with two attached hydrogens (primary N) is 1. The first-order valence-corrected chi connectivity index (χ1v) is 6.65. The second-order valence-electron chi connectivity index (χ2n) is 5.47. The van der Waals surface area contributed by atoms with Gasteiger partial charge in [0.05, 0.1) is 13.7 Å². The first-order valence-electron chi connectivity index (χ1n) is 6.65. The smallest absolute Gasteiger partial charge is 0.341 e. The fourth-order valence-electron chi connectivity index (χ4n) is 2.80. The Labute approximate surface area is 113 Å².